The van der Waals surface area contributed by atoms with Crippen LogP contribution in [-0.2, 0) is 23.8 Å². The summed E-state index contributed by atoms with van der Waals surface area (Å²) in [5, 5.41) is 0.552. The van der Waals surface area contributed by atoms with Gasteiger partial charge in [-0.2, -0.15) is 13.2 Å². The monoisotopic (exact) mass is 570 g/mol. The molecule has 0 spiro atoms. The van der Waals surface area contributed by atoms with Crippen molar-refractivity contribution in [2.75, 3.05) is 37.3 Å². The van der Waals surface area contributed by atoms with Crippen LogP contribution in [-0.4, -0.2) is 52.0 Å². The van der Waals surface area contributed by atoms with Gasteiger partial charge in [-0.15, -0.1) is 0 Å². The van der Waals surface area contributed by atoms with Gasteiger partial charge >= 0.3 is 6.18 Å². The van der Waals surface area contributed by atoms with Crippen molar-refractivity contribution < 1.29 is 26.7 Å². The SMILES string of the molecule is CN1CCC(n2cc(-c3ccc4c(c3F)CCN4C(=O)Cc3cc(C(F)(F)F)ccc3F)c3c(N)ncnc32)CC1. The van der Waals surface area contributed by atoms with Gasteiger partial charge in [0.1, 0.15) is 29.4 Å². The quantitative estimate of drug-likeness (QED) is 0.334. The zero-order valence-corrected chi connectivity index (χ0v) is 22.2. The number of nitrogens with two attached hydrogens (primary N) is 1. The lowest BCUT2D eigenvalue weighted by molar-refractivity contribution is -0.137. The van der Waals surface area contributed by atoms with Crippen LogP contribution in [0.1, 0.15) is 35.6 Å². The van der Waals surface area contributed by atoms with E-state index in [0.29, 0.717) is 51.6 Å². The van der Waals surface area contributed by atoms with Crippen LogP contribution in [0, 0.1) is 11.6 Å². The first-order valence-electron chi connectivity index (χ1n) is 13.3. The molecule has 4 aromatic rings. The highest BCUT2D eigenvalue weighted by Crippen LogP contribution is 2.41. The molecule has 7 nitrogen and oxygen atoms in total. The van der Waals surface area contributed by atoms with E-state index in [4.69, 9.17) is 5.73 Å². The van der Waals surface area contributed by atoms with E-state index in [9.17, 15) is 22.4 Å². The molecule has 0 radical (unpaired) electrons. The second-order valence-corrected chi connectivity index (χ2v) is 10.6. The van der Waals surface area contributed by atoms with Crippen molar-refractivity contribution in [2.24, 2.45) is 0 Å². The van der Waals surface area contributed by atoms with Gasteiger partial charge in [0.2, 0.25) is 5.91 Å². The van der Waals surface area contributed by atoms with E-state index >= 15 is 4.39 Å². The Hall–Kier alpha value is -4.06. The van der Waals surface area contributed by atoms with E-state index < -0.39 is 35.7 Å². The molecule has 4 heterocycles. The lowest BCUT2D eigenvalue weighted by Gasteiger charge is -2.30. The third-order valence-electron chi connectivity index (χ3n) is 8.12. The minimum Gasteiger partial charge on any atom is -0.383 e. The zero-order chi connectivity index (χ0) is 29.1. The zero-order valence-electron chi connectivity index (χ0n) is 22.2. The lowest BCUT2D eigenvalue weighted by Crippen LogP contribution is -2.31. The van der Waals surface area contributed by atoms with E-state index in [1.54, 1.807) is 12.1 Å². The highest BCUT2D eigenvalue weighted by atomic mass is 19.4. The molecule has 2 aliphatic rings. The number of rotatable bonds is 4. The van der Waals surface area contributed by atoms with Gasteiger partial charge in [-0.25, -0.2) is 18.7 Å². The van der Waals surface area contributed by atoms with Crippen LogP contribution in [0.5, 0.6) is 0 Å². The third-order valence-corrected chi connectivity index (χ3v) is 8.12. The predicted octanol–water partition coefficient (Wildman–Crippen LogP) is 5.38. The molecule has 1 saturated heterocycles. The average molecular weight is 571 g/mol. The fraction of sp³-hybridized carbons (Fsp3) is 0.345. The molecule has 41 heavy (non-hydrogen) atoms. The van der Waals surface area contributed by atoms with Crippen LogP contribution in [0.15, 0.2) is 42.9 Å². The first-order valence-corrected chi connectivity index (χ1v) is 13.3. The first kappa shape index (κ1) is 27.1. The van der Waals surface area contributed by atoms with Crippen molar-refractivity contribution in [3.8, 4) is 11.1 Å². The van der Waals surface area contributed by atoms with Crippen LogP contribution >= 0.6 is 0 Å². The summed E-state index contributed by atoms with van der Waals surface area (Å²) >= 11 is 0. The van der Waals surface area contributed by atoms with E-state index in [-0.39, 0.29) is 30.4 Å². The molecular weight excluding hydrogens is 543 g/mol. The Balaban J connectivity index is 1.34. The number of benzene rings is 2. The number of likely N-dealkylation sites (tertiary alicyclic amines) is 1. The Morgan fingerprint density at radius 2 is 1.80 bits per heavy atom. The van der Waals surface area contributed by atoms with Crippen molar-refractivity contribution in [3.05, 3.63) is 71.2 Å². The van der Waals surface area contributed by atoms with Gasteiger partial charge < -0.3 is 20.1 Å². The summed E-state index contributed by atoms with van der Waals surface area (Å²) in [6.45, 7) is 1.96. The molecule has 0 saturated carbocycles. The second kappa shape index (κ2) is 10.1. The molecule has 214 valence electrons. The molecular formula is C29H27F5N6O. The summed E-state index contributed by atoms with van der Waals surface area (Å²) in [4.78, 5) is 25.2. The van der Waals surface area contributed by atoms with Crippen LogP contribution in [0.3, 0.4) is 0 Å². The van der Waals surface area contributed by atoms with E-state index in [1.807, 2.05) is 10.8 Å². The Morgan fingerprint density at radius 3 is 2.54 bits per heavy atom. The molecule has 1 amide bonds. The number of amides is 1. The van der Waals surface area contributed by atoms with Crippen molar-refractivity contribution in [1.29, 1.82) is 0 Å². The number of aromatic nitrogens is 3. The van der Waals surface area contributed by atoms with Crippen molar-refractivity contribution in [3.63, 3.8) is 0 Å². The number of anilines is 2. The summed E-state index contributed by atoms with van der Waals surface area (Å²) in [5.41, 5.74) is 6.93. The van der Waals surface area contributed by atoms with E-state index in [1.165, 1.54) is 11.2 Å². The Kier molecular flexibility index (Phi) is 6.68. The number of nitrogens with zero attached hydrogens (tertiary/aromatic N) is 5. The summed E-state index contributed by atoms with van der Waals surface area (Å²) in [5.74, 6) is -1.82. The Morgan fingerprint density at radius 1 is 1.05 bits per heavy atom. The Bertz CT molecular complexity index is 1660. The maximum atomic E-state index is 16.1. The fourth-order valence-electron chi connectivity index (χ4n) is 5.92. The number of fused-ring (bicyclic) bond motifs is 2. The van der Waals surface area contributed by atoms with Gasteiger partial charge in [-0.3, -0.25) is 4.79 Å². The molecule has 0 unspecified atom stereocenters. The number of carbonyl (C=O) groups is 1. The second-order valence-electron chi connectivity index (χ2n) is 10.6. The smallest absolute Gasteiger partial charge is 0.383 e. The number of halogens is 5. The molecule has 0 bridgehead atoms. The standard InChI is InChI=1S/C29H27F5N6O/c1-38-9-6-18(7-10-38)40-14-21(25-27(35)36-15-37-28(25)40)19-3-5-23-20(26(19)31)8-11-39(23)24(41)13-16-12-17(29(32,33)34)2-4-22(16)30/h2-5,12,14-15,18H,6-11,13H2,1H3,(H2,35,36,37). The molecule has 0 aliphatic carbocycles. The highest BCUT2D eigenvalue weighted by molar-refractivity contribution is 6.02. The van der Waals surface area contributed by atoms with Gasteiger partial charge in [0.15, 0.2) is 0 Å². The normalized spacial score (nSPS) is 16.5. The summed E-state index contributed by atoms with van der Waals surface area (Å²) in [6.07, 6.45) is 0.00517. The van der Waals surface area contributed by atoms with Crippen LogP contribution in [0.2, 0.25) is 0 Å². The Labute approximate surface area is 232 Å². The summed E-state index contributed by atoms with van der Waals surface area (Å²) in [6, 6.07) is 5.31. The number of nitrogen functional groups attached to an aromatic ring is 1. The van der Waals surface area contributed by atoms with Gasteiger partial charge in [-0.05, 0) is 75.3 Å². The van der Waals surface area contributed by atoms with E-state index in [2.05, 4.69) is 21.9 Å². The van der Waals surface area contributed by atoms with Gasteiger partial charge in [0, 0.05) is 41.2 Å². The molecule has 0 atom stereocenters. The van der Waals surface area contributed by atoms with Gasteiger partial charge in [-0.1, -0.05) is 0 Å². The molecule has 12 heteroatoms. The topological polar surface area (TPSA) is 80.3 Å². The van der Waals surface area contributed by atoms with Crippen LogP contribution in [0.25, 0.3) is 22.2 Å². The molecule has 6 rings (SSSR count). The van der Waals surface area contributed by atoms with E-state index in [0.717, 1.165) is 25.9 Å². The number of hydrogen-bond acceptors (Lipinski definition) is 5. The molecule has 2 aromatic heterocycles. The number of hydrogen-bond donors (Lipinski definition) is 1. The highest BCUT2D eigenvalue weighted by Gasteiger charge is 2.33. The third kappa shape index (κ3) is 4.79. The average Bonchev–Trinajstić information content (AvgIpc) is 3.54. The van der Waals surface area contributed by atoms with Crippen LogP contribution in [0.4, 0.5) is 33.5 Å². The number of carbonyl (C=O) groups excluding carboxylic acids is 1. The van der Waals surface area contributed by atoms with Crippen molar-refractivity contribution in [1.82, 2.24) is 19.4 Å². The summed E-state index contributed by atoms with van der Waals surface area (Å²) in [7, 11) is 2.07. The first-order chi connectivity index (χ1) is 19.5. The molecule has 2 aromatic carbocycles. The maximum absolute atomic E-state index is 16.1. The predicted molar refractivity (Wildman–Crippen MR) is 144 cm³/mol. The molecule has 1 fully saturated rings. The number of piperidine rings is 1. The van der Waals surface area contributed by atoms with Gasteiger partial charge in [0.05, 0.1) is 17.4 Å². The minimum absolute atomic E-state index is 0.123. The fourth-order valence-corrected chi connectivity index (χ4v) is 5.92. The maximum Gasteiger partial charge on any atom is 0.416 e. The molecule has 2 aliphatic heterocycles. The van der Waals surface area contributed by atoms with Crippen molar-refractivity contribution in [2.45, 2.75) is 37.9 Å². The number of alkyl halides is 3. The van der Waals surface area contributed by atoms with Crippen LogP contribution < -0.4 is 10.6 Å². The minimum atomic E-state index is -4.67. The summed E-state index contributed by atoms with van der Waals surface area (Å²) < 4.78 is 71.8. The lowest BCUT2D eigenvalue weighted by atomic mass is 10.0. The largest absolute Gasteiger partial charge is 0.416 e. The van der Waals surface area contributed by atoms with Crippen molar-refractivity contribution >= 4 is 28.4 Å². The molecule has 2 N–H and O–H groups in total. The van der Waals surface area contributed by atoms with Gasteiger partial charge in [0.25, 0.3) is 0 Å².